The van der Waals surface area contributed by atoms with Gasteiger partial charge in [-0.15, -0.1) is 0 Å². The van der Waals surface area contributed by atoms with Crippen LogP contribution in [-0.2, 0) is 6.42 Å². The predicted octanol–water partition coefficient (Wildman–Crippen LogP) is 2.55. The quantitative estimate of drug-likeness (QED) is 0.742. The molecule has 2 heterocycles. The topological polar surface area (TPSA) is 54.2 Å². The van der Waals surface area contributed by atoms with Gasteiger partial charge in [-0.3, -0.25) is 4.90 Å². The van der Waals surface area contributed by atoms with Crippen LogP contribution in [0.15, 0.2) is 4.52 Å². The molecule has 0 amide bonds. The van der Waals surface area contributed by atoms with Crippen molar-refractivity contribution in [1.82, 2.24) is 20.4 Å². The largest absolute Gasteiger partial charge is 0.339 e. The van der Waals surface area contributed by atoms with Gasteiger partial charge in [0.15, 0.2) is 5.82 Å². The molecule has 0 spiro atoms. The highest BCUT2D eigenvalue weighted by Gasteiger charge is 2.25. The standard InChI is InChI=1S/C15H28N4O/c1-3-5-6-8-14-17-15(18-20-14)13(7-4-2)19-11-9-16-10-12-19/h13,16H,3-12H2,1-2H3. The molecule has 0 aliphatic carbocycles. The Morgan fingerprint density at radius 3 is 2.70 bits per heavy atom. The van der Waals surface area contributed by atoms with Crippen LogP contribution in [-0.4, -0.2) is 41.2 Å². The monoisotopic (exact) mass is 280 g/mol. The lowest BCUT2D eigenvalue weighted by molar-refractivity contribution is 0.155. The van der Waals surface area contributed by atoms with Gasteiger partial charge >= 0.3 is 0 Å². The number of hydrogen-bond donors (Lipinski definition) is 1. The third-order valence-corrected chi connectivity index (χ3v) is 3.93. The molecule has 0 saturated carbocycles. The van der Waals surface area contributed by atoms with Crippen molar-refractivity contribution < 1.29 is 4.52 Å². The maximum absolute atomic E-state index is 5.43. The molecule has 1 saturated heterocycles. The summed E-state index contributed by atoms with van der Waals surface area (Å²) in [5, 5.41) is 7.64. The average molecular weight is 280 g/mol. The summed E-state index contributed by atoms with van der Waals surface area (Å²) in [4.78, 5) is 7.12. The third kappa shape index (κ3) is 4.28. The van der Waals surface area contributed by atoms with E-state index >= 15 is 0 Å². The summed E-state index contributed by atoms with van der Waals surface area (Å²) in [6.45, 7) is 8.69. The molecule has 20 heavy (non-hydrogen) atoms. The van der Waals surface area contributed by atoms with Crippen molar-refractivity contribution in [2.75, 3.05) is 26.2 Å². The van der Waals surface area contributed by atoms with Gasteiger partial charge in [0.1, 0.15) is 0 Å². The Bertz CT molecular complexity index is 374. The zero-order valence-electron chi connectivity index (χ0n) is 12.9. The van der Waals surface area contributed by atoms with Gasteiger partial charge in [0, 0.05) is 32.6 Å². The minimum Gasteiger partial charge on any atom is -0.339 e. The fourth-order valence-electron chi connectivity index (χ4n) is 2.77. The molecular weight excluding hydrogens is 252 g/mol. The molecule has 1 atom stereocenters. The number of aryl methyl sites for hydroxylation is 1. The molecule has 1 fully saturated rings. The molecule has 5 nitrogen and oxygen atoms in total. The van der Waals surface area contributed by atoms with Gasteiger partial charge in [0.2, 0.25) is 5.89 Å². The van der Waals surface area contributed by atoms with Gasteiger partial charge in [0.05, 0.1) is 6.04 Å². The number of nitrogens with zero attached hydrogens (tertiary/aromatic N) is 3. The molecule has 5 heteroatoms. The van der Waals surface area contributed by atoms with Crippen molar-refractivity contribution >= 4 is 0 Å². The number of rotatable bonds is 8. The van der Waals surface area contributed by atoms with Crippen LogP contribution >= 0.6 is 0 Å². The maximum Gasteiger partial charge on any atom is 0.226 e. The van der Waals surface area contributed by atoms with E-state index in [-0.39, 0.29) is 0 Å². The molecule has 1 aliphatic rings. The van der Waals surface area contributed by atoms with E-state index in [1.54, 1.807) is 0 Å². The summed E-state index contributed by atoms with van der Waals surface area (Å²) in [7, 11) is 0. The summed E-state index contributed by atoms with van der Waals surface area (Å²) in [5.74, 6) is 1.70. The lowest BCUT2D eigenvalue weighted by Gasteiger charge is -2.33. The maximum atomic E-state index is 5.43. The molecule has 0 aromatic carbocycles. The van der Waals surface area contributed by atoms with Gasteiger partial charge in [-0.2, -0.15) is 4.98 Å². The molecule has 0 radical (unpaired) electrons. The third-order valence-electron chi connectivity index (χ3n) is 3.93. The molecule has 2 rings (SSSR count). The van der Waals surface area contributed by atoms with E-state index in [9.17, 15) is 0 Å². The molecule has 1 unspecified atom stereocenters. The number of hydrogen-bond acceptors (Lipinski definition) is 5. The first-order valence-electron chi connectivity index (χ1n) is 8.12. The Morgan fingerprint density at radius 1 is 1.20 bits per heavy atom. The zero-order valence-corrected chi connectivity index (χ0v) is 12.9. The second-order valence-electron chi connectivity index (χ2n) is 5.59. The van der Waals surface area contributed by atoms with Gasteiger partial charge in [-0.1, -0.05) is 38.3 Å². The van der Waals surface area contributed by atoms with Gasteiger partial charge in [-0.05, 0) is 12.8 Å². The van der Waals surface area contributed by atoms with E-state index in [2.05, 4.69) is 34.2 Å². The van der Waals surface area contributed by atoms with Gasteiger partial charge < -0.3 is 9.84 Å². The fraction of sp³-hybridized carbons (Fsp3) is 0.867. The van der Waals surface area contributed by atoms with Crippen molar-refractivity contribution in [3.05, 3.63) is 11.7 Å². The molecule has 0 bridgehead atoms. The summed E-state index contributed by atoms with van der Waals surface area (Å²) in [6, 6.07) is 0.325. The van der Waals surface area contributed by atoms with Crippen molar-refractivity contribution in [3.8, 4) is 0 Å². The van der Waals surface area contributed by atoms with E-state index in [1.807, 2.05) is 0 Å². The first-order valence-corrected chi connectivity index (χ1v) is 8.12. The number of nitrogens with one attached hydrogen (secondary N) is 1. The van der Waals surface area contributed by atoms with Crippen LogP contribution in [0.5, 0.6) is 0 Å². The number of piperazine rings is 1. The van der Waals surface area contributed by atoms with Crippen molar-refractivity contribution in [2.45, 2.75) is 58.4 Å². The predicted molar refractivity (Wildman–Crippen MR) is 79.6 cm³/mol. The van der Waals surface area contributed by atoms with Crippen LogP contribution in [0.3, 0.4) is 0 Å². The van der Waals surface area contributed by atoms with E-state index in [1.165, 1.54) is 12.8 Å². The molecular formula is C15H28N4O. The normalized spacial score (nSPS) is 18.3. The Labute approximate surface area is 122 Å². The van der Waals surface area contributed by atoms with E-state index in [0.717, 1.165) is 63.6 Å². The summed E-state index contributed by atoms with van der Waals surface area (Å²) < 4.78 is 5.43. The van der Waals surface area contributed by atoms with Crippen LogP contribution in [0.4, 0.5) is 0 Å². The van der Waals surface area contributed by atoms with Crippen LogP contribution < -0.4 is 5.32 Å². The van der Waals surface area contributed by atoms with Crippen LogP contribution in [0.2, 0.25) is 0 Å². The zero-order chi connectivity index (χ0) is 14.2. The molecule has 1 aromatic rings. The number of aromatic nitrogens is 2. The Balaban J connectivity index is 1.97. The van der Waals surface area contributed by atoms with E-state index < -0.39 is 0 Å². The summed E-state index contributed by atoms with van der Waals surface area (Å²) in [5.41, 5.74) is 0. The smallest absolute Gasteiger partial charge is 0.226 e. The van der Waals surface area contributed by atoms with E-state index in [4.69, 9.17) is 4.52 Å². The number of unbranched alkanes of at least 4 members (excludes halogenated alkanes) is 2. The lowest BCUT2D eigenvalue weighted by Crippen LogP contribution is -2.45. The van der Waals surface area contributed by atoms with Crippen molar-refractivity contribution in [1.29, 1.82) is 0 Å². The Hall–Kier alpha value is -0.940. The van der Waals surface area contributed by atoms with E-state index in [0.29, 0.717) is 6.04 Å². The Morgan fingerprint density at radius 2 is 2.00 bits per heavy atom. The highest BCUT2D eigenvalue weighted by molar-refractivity contribution is 4.96. The molecule has 114 valence electrons. The van der Waals surface area contributed by atoms with Crippen LogP contribution in [0.25, 0.3) is 0 Å². The highest BCUT2D eigenvalue weighted by Crippen LogP contribution is 2.24. The SMILES string of the molecule is CCCCCc1nc(C(CCC)N2CCNCC2)no1. The van der Waals surface area contributed by atoms with Crippen LogP contribution in [0.1, 0.15) is 63.7 Å². The molecule has 1 N–H and O–H groups in total. The van der Waals surface area contributed by atoms with Crippen molar-refractivity contribution in [3.63, 3.8) is 0 Å². The molecule has 1 aromatic heterocycles. The molecule has 1 aliphatic heterocycles. The summed E-state index contributed by atoms with van der Waals surface area (Å²) in [6.07, 6.45) is 6.77. The fourth-order valence-corrected chi connectivity index (χ4v) is 2.77. The first-order chi connectivity index (χ1) is 9.85. The van der Waals surface area contributed by atoms with Crippen molar-refractivity contribution in [2.24, 2.45) is 0 Å². The average Bonchev–Trinajstić information content (AvgIpc) is 2.94. The second-order valence-corrected chi connectivity index (χ2v) is 5.59. The first kappa shape index (κ1) is 15.4. The summed E-state index contributed by atoms with van der Waals surface area (Å²) >= 11 is 0. The minimum atomic E-state index is 0.325. The lowest BCUT2D eigenvalue weighted by atomic mass is 10.1. The minimum absolute atomic E-state index is 0.325. The van der Waals surface area contributed by atoms with Gasteiger partial charge in [0.25, 0.3) is 0 Å². The van der Waals surface area contributed by atoms with Gasteiger partial charge in [-0.25, -0.2) is 0 Å². The van der Waals surface area contributed by atoms with Crippen LogP contribution in [0, 0.1) is 0 Å². The highest BCUT2D eigenvalue weighted by atomic mass is 16.5. The second kappa shape index (κ2) is 8.37. The Kier molecular flexibility index (Phi) is 6.47.